The Bertz CT molecular complexity index is 1180. The normalized spacial score (nSPS) is 10.8. The summed E-state index contributed by atoms with van der Waals surface area (Å²) in [6, 6.07) is 19.7. The molecule has 3 rings (SSSR count). The molecule has 0 saturated heterocycles. The minimum atomic E-state index is -0.511. The molecule has 0 aliphatic carbocycles. The number of hydrogen-bond donors (Lipinski definition) is 2. The van der Waals surface area contributed by atoms with Crippen molar-refractivity contribution in [3.8, 4) is 17.2 Å². The van der Waals surface area contributed by atoms with Crippen LogP contribution in [0.15, 0.2) is 72.4 Å². The molecule has 0 aliphatic heterocycles. The highest BCUT2D eigenvalue weighted by Crippen LogP contribution is 2.38. The topological polar surface area (TPSA) is 89.1 Å². The van der Waals surface area contributed by atoms with Crippen LogP contribution in [0.25, 0.3) is 6.08 Å². The number of carbonyl (C=O) groups is 2. The SMILES string of the molecule is COc1cc(C(=O)NC(=Cc2ccc(N(C)C)cc2)C(=O)Nc2ccccc2)cc(OC)c1OC. The summed E-state index contributed by atoms with van der Waals surface area (Å²) in [5.41, 5.74) is 2.68. The van der Waals surface area contributed by atoms with Gasteiger partial charge in [0.25, 0.3) is 11.8 Å². The van der Waals surface area contributed by atoms with E-state index in [1.807, 2.05) is 61.5 Å². The maximum atomic E-state index is 13.2. The number of hydrogen-bond acceptors (Lipinski definition) is 6. The number of nitrogens with one attached hydrogen (secondary N) is 2. The molecule has 0 bridgehead atoms. The highest BCUT2D eigenvalue weighted by atomic mass is 16.5. The van der Waals surface area contributed by atoms with Crippen molar-refractivity contribution in [2.75, 3.05) is 45.6 Å². The second kappa shape index (κ2) is 11.6. The third kappa shape index (κ3) is 6.32. The van der Waals surface area contributed by atoms with Gasteiger partial charge in [-0.3, -0.25) is 9.59 Å². The van der Waals surface area contributed by atoms with Crippen molar-refractivity contribution in [2.24, 2.45) is 0 Å². The Morgan fingerprint density at radius 2 is 1.43 bits per heavy atom. The summed E-state index contributed by atoms with van der Waals surface area (Å²) in [5.74, 6) is 0.0495. The van der Waals surface area contributed by atoms with Gasteiger partial charge in [0.2, 0.25) is 5.75 Å². The molecule has 0 radical (unpaired) electrons. The number of para-hydroxylation sites is 1. The first-order chi connectivity index (χ1) is 16.9. The molecule has 0 heterocycles. The van der Waals surface area contributed by atoms with E-state index in [0.717, 1.165) is 11.3 Å². The maximum absolute atomic E-state index is 13.2. The first kappa shape index (κ1) is 25.2. The number of carbonyl (C=O) groups excluding carboxylic acids is 2. The van der Waals surface area contributed by atoms with Gasteiger partial charge in [-0.05, 0) is 48.0 Å². The van der Waals surface area contributed by atoms with Crippen molar-refractivity contribution in [3.63, 3.8) is 0 Å². The van der Waals surface area contributed by atoms with E-state index in [2.05, 4.69) is 10.6 Å². The van der Waals surface area contributed by atoms with Gasteiger partial charge < -0.3 is 29.7 Å². The number of ether oxygens (including phenoxy) is 3. The molecule has 182 valence electrons. The molecule has 0 aliphatic rings. The second-order valence-corrected chi connectivity index (χ2v) is 7.73. The van der Waals surface area contributed by atoms with Gasteiger partial charge >= 0.3 is 0 Å². The molecule has 0 saturated carbocycles. The maximum Gasteiger partial charge on any atom is 0.272 e. The van der Waals surface area contributed by atoms with E-state index >= 15 is 0 Å². The first-order valence-corrected chi connectivity index (χ1v) is 10.8. The average molecular weight is 476 g/mol. The molecule has 35 heavy (non-hydrogen) atoms. The van der Waals surface area contributed by atoms with Crippen LogP contribution in [0.1, 0.15) is 15.9 Å². The summed E-state index contributed by atoms with van der Waals surface area (Å²) in [4.78, 5) is 28.3. The third-order valence-corrected chi connectivity index (χ3v) is 5.17. The number of rotatable bonds is 9. The quantitative estimate of drug-likeness (QED) is 0.451. The summed E-state index contributed by atoms with van der Waals surface area (Å²) in [6.07, 6.45) is 1.62. The summed E-state index contributed by atoms with van der Waals surface area (Å²) >= 11 is 0. The minimum Gasteiger partial charge on any atom is -0.493 e. The largest absolute Gasteiger partial charge is 0.493 e. The Morgan fingerprint density at radius 1 is 0.829 bits per heavy atom. The van der Waals surface area contributed by atoms with Crippen molar-refractivity contribution in [3.05, 3.63) is 83.6 Å². The average Bonchev–Trinajstić information content (AvgIpc) is 2.88. The molecule has 3 aromatic rings. The van der Waals surface area contributed by atoms with Crippen LogP contribution in [0.4, 0.5) is 11.4 Å². The number of amides is 2. The van der Waals surface area contributed by atoms with Crippen molar-refractivity contribution >= 4 is 29.3 Å². The lowest BCUT2D eigenvalue weighted by atomic mass is 10.1. The van der Waals surface area contributed by atoms with Gasteiger partial charge in [0, 0.05) is 31.0 Å². The lowest BCUT2D eigenvalue weighted by Gasteiger charge is -2.15. The van der Waals surface area contributed by atoms with Crippen LogP contribution in [0.3, 0.4) is 0 Å². The molecular weight excluding hydrogens is 446 g/mol. The molecule has 8 nitrogen and oxygen atoms in total. The Balaban J connectivity index is 1.95. The highest BCUT2D eigenvalue weighted by Gasteiger charge is 2.20. The molecular formula is C27H29N3O5. The fraction of sp³-hybridized carbons (Fsp3) is 0.185. The number of methoxy groups -OCH3 is 3. The summed E-state index contributed by atoms with van der Waals surface area (Å²) in [7, 11) is 8.31. The molecule has 0 fully saturated rings. The Morgan fingerprint density at radius 3 is 1.94 bits per heavy atom. The number of nitrogens with zero attached hydrogens (tertiary/aromatic N) is 1. The van der Waals surface area contributed by atoms with Gasteiger partial charge in [-0.25, -0.2) is 0 Å². The zero-order chi connectivity index (χ0) is 25.4. The zero-order valence-electron chi connectivity index (χ0n) is 20.4. The van der Waals surface area contributed by atoms with Crippen molar-refractivity contribution < 1.29 is 23.8 Å². The van der Waals surface area contributed by atoms with Crippen LogP contribution < -0.4 is 29.7 Å². The van der Waals surface area contributed by atoms with Crippen LogP contribution in [0.5, 0.6) is 17.2 Å². The molecule has 8 heteroatoms. The zero-order valence-corrected chi connectivity index (χ0v) is 20.4. The van der Waals surface area contributed by atoms with Gasteiger partial charge in [0.15, 0.2) is 11.5 Å². The molecule has 2 amide bonds. The summed E-state index contributed by atoms with van der Waals surface area (Å²) in [5, 5.41) is 5.54. The van der Waals surface area contributed by atoms with Crippen LogP contribution >= 0.6 is 0 Å². The van der Waals surface area contributed by atoms with E-state index in [-0.39, 0.29) is 11.3 Å². The van der Waals surface area contributed by atoms with Crippen molar-refractivity contribution in [1.82, 2.24) is 5.32 Å². The monoisotopic (exact) mass is 475 g/mol. The molecule has 0 spiro atoms. The van der Waals surface area contributed by atoms with E-state index in [0.29, 0.717) is 22.9 Å². The molecule has 3 aromatic carbocycles. The minimum absolute atomic E-state index is 0.0743. The van der Waals surface area contributed by atoms with Gasteiger partial charge in [-0.15, -0.1) is 0 Å². The molecule has 0 aromatic heterocycles. The lowest BCUT2D eigenvalue weighted by molar-refractivity contribution is -0.113. The third-order valence-electron chi connectivity index (χ3n) is 5.17. The highest BCUT2D eigenvalue weighted by molar-refractivity contribution is 6.10. The fourth-order valence-electron chi connectivity index (χ4n) is 3.32. The number of anilines is 2. The fourth-order valence-corrected chi connectivity index (χ4v) is 3.32. The van der Waals surface area contributed by atoms with Gasteiger partial charge in [0.1, 0.15) is 5.70 Å². The predicted molar refractivity (Wildman–Crippen MR) is 137 cm³/mol. The first-order valence-electron chi connectivity index (χ1n) is 10.8. The molecule has 0 atom stereocenters. The van der Waals surface area contributed by atoms with Crippen LogP contribution in [0, 0.1) is 0 Å². The van der Waals surface area contributed by atoms with E-state index in [9.17, 15) is 9.59 Å². The Hall–Kier alpha value is -4.46. The van der Waals surface area contributed by atoms with Crippen molar-refractivity contribution in [2.45, 2.75) is 0 Å². The Kier molecular flexibility index (Phi) is 8.34. The second-order valence-electron chi connectivity index (χ2n) is 7.73. The van der Waals surface area contributed by atoms with E-state index in [1.54, 1.807) is 18.2 Å². The number of benzene rings is 3. The van der Waals surface area contributed by atoms with Gasteiger partial charge in [-0.1, -0.05) is 30.3 Å². The van der Waals surface area contributed by atoms with Crippen LogP contribution in [0.2, 0.25) is 0 Å². The summed E-state index contributed by atoms with van der Waals surface area (Å²) < 4.78 is 16.0. The molecule has 0 unspecified atom stereocenters. The van der Waals surface area contributed by atoms with Crippen LogP contribution in [-0.2, 0) is 4.79 Å². The summed E-state index contributed by atoms with van der Waals surface area (Å²) in [6.45, 7) is 0. The predicted octanol–water partition coefficient (Wildman–Crippen LogP) is 4.19. The van der Waals surface area contributed by atoms with Crippen LogP contribution in [-0.4, -0.2) is 47.2 Å². The lowest BCUT2D eigenvalue weighted by Crippen LogP contribution is -2.30. The van der Waals surface area contributed by atoms with E-state index < -0.39 is 11.8 Å². The smallest absolute Gasteiger partial charge is 0.272 e. The standard InChI is InChI=1S/C27H29N3O5/c1-30(2)21-13-11-18(12-14-21)15-22(27(32)28-20-9-7-6-8-10-20)29-26(31)19-16-23(33-3)25(35-5)24(17-19)34-4/h6-17H,1-5H3,(H,28,32)(H,29,31). The molecule has 2 N–H and O–H groups in total. The Labute approximate surface area is 205 Å². The van der Waals surface area contributed by atoms with Gasteiger partial charge in [-0.2, -0.15) is 0 Å². The van der Waals surface area contributed by atoms with Crippen molar-refractivity contribution in [1.29, 1.82) is 0 Å². The van der Waals surface area contributed by atoms with E-state index in [4.69, 9.17) is 14.2 Å². The van der Waals surface area contributed by atoms with Gasteiger partial charge in [0.05, 0.1) is 21.3 Å². The van der Waals surface area contributed by atoms with E-state index in [1.165, 1.54) is 33.5 Å².